The number of hydrogen-bond acceptors (Lipinski definition) is 2. The van der Waals surface area contributed by atoms with Gasteiger partial charge < -0.3 is 9.47 Å². The predicted octanol–water partition coefficient (Wildman–Crippen LogP) is 5.24. The summed E-state index contributed by atoms with van der Waals surface area (Å²) in [6.45, 7) is 3.34. The number of fused-ring (bicyclic) bond motifs is 1. The lowest BCUT2D eigenvalue weighted by atomic mass is 9.90. The van der Waals surface area contributed by atoms with Crippen LogP contribution in [0.2, 0.25) is 0 Å². The number of benzene rings is 2. The van der Waals surface area contributed by atoms with E-state index in [1.165, 1.54) is 17.7 Å². The van der Waals surface area contributed by atoms with Crippen LogP contribution >= 0.6 is 0 Å². The number of aryl methyl sites for hydroxylation is 1. The van der Waals surface area contributed by atoms with Gasteiger partial charge in [-0.3, -0.25) is 4.79 Å². The van der Waals surface area contributed by atoms with E-state index < -0.39 is 0 Å². The highest BCUT2D eigenvalue weighted by molar-refractivity contribution is 6.08. The first-order chi connectivity index (χ1) is 14.1. The molecule has 3 nitrogen and oxygen atoms in total. The Hall–Kier alpha value is -2.46. The summed E-state index contributed by atoms with van der Waals surface area (Å²) in [7, 11) is 1.90. The SMILES string of the molecule is Cn1cc(C(=O)CCC2CCN(CCc3ccccc3)CC2)c2cc(F)ccc21. The molecule has 4 rings (SSSR count). The van der Waals surface area contributed by atoms with Crippen molar-refractivity contribution in [2.45, 2.75) is 32.1 Å². The third-order valence-electron chi connectivity index (χ3n) is 6.30. The Kier molecular flexibility index (Phi) is 6.10. The van der Waals surface area contributed by atoms with Gasteiger partial charge in [-0.25, -0.2) is 4.39 Å². The van der Waals surface area contributed by atoms with Gasteiger partial charge in [-0.1, -0.05) is 30.3 Å². The van der Waals surface area contributed by atoms with Crippen LogP contribution in [0.3, 0.4) is 0 Å². The van der Waals surface area contributed by atoms with Crippen molar-refractivity contribution in [3.63, 3.8) is 0 Å². The molecule has 0 saturated carbocycles. The topological polar surface area (TPSA) is 25.2 Å². The van der Waals surface area contributed by atoms with E-state index in [0.29, 0.717) is 17.9 Å². The molecule has 0 N–H and O–H groups in total. The molecule has 1 aliphatic rings. The highest BCUT2D eigenvalue weighted by Crippen LogP contribution is 2.26. The minimum atomic E-state index is -0.291. The van der Waals surface area contributed by atoms with Gasteiger partial charge in [-0.05, 0) is 68.5 Å². The third kappa shape index (κ3) is 4.76. The van der Waals surface area contributed by atoms with Crippen molar-refractivity contribution in [1.82, 2.24) is 9.47 Å². The second-order valence-electron chi connectivity index (χ2n) is 8.30. The standard InChI is InChI=1S/C25H29FN2O/c1-27-18-23(22-17-21(26)8-9-24(22)27)25(29)10-7-20-12-15-28(16-13-20)14-11-19-5-3-2-4-6-19/h2-6,8-9,17-18,20H,7,10-16H2,1H3. The van der Waals surface area contributed by atoms with Crippen molar-refractivity contribution < 1.29 is 9.18 Å². The molecule has 1 saturated heterocycles. The zero-order valence-corrected chi connectivity index (χ0v) is 17.1. The molecule has 29 heavy (non-hydrogen) atoms. The van der Waals surface area contributed by atoms with Gasteiger partial charge in [0.15, 0.2) is 5.78 Å². The van der Waals surface area contributed by atoms with Crippen molar-refractivity contribution in [1.29, 1.82) is 0 Å². The molecule has 1 fully saturated rings. The first-order valence-corrected chi connectivity index (χ1v) is 10.6. The first kappa shape index (κ1) is 19.8. The minimum Gasteiger partial charge on any atom is -0.350 e. The van der Waals surface area contributed by atoms with Crippen LogP contribution < -0.4 is 0 Å². The van der Waals surface area contributed by atoms with Crippen LogP contribution in [0, 0.1) is 11.7 Å². The molecule has 1 aliphatic heterocycles. The minimum absolute atomic E-state index is 0.132. The fourth-order valence-electron chi connectivity index (χ4n) is 4.49. The van der Waals surface area contributed by atoms with Crippen LogP contribution in [0.25, 0.3) is 10.9 Å². The molecule has 0 spiro atoms. The van der Waals surface area contributed by atoms with Gasteiger partial charge in [0.25, 0.3) is 0 Å². The van der Waals surface area contributed by atoms with Crippen LogP contribution in [0.5, 0.6) is 0 Å². The maximum Gasteiger partial charge on any atom is 0.165 e. The molecule has 0 atom stereocenters. The van der Waals surface area contributed by atoms with Crippen molar-refractivity contribution in [2.75, 3.05) is 19.6 Å². The lowest BCUT2D eigenvalue weighted by Gasteiger charge is -2.31. The lowest BCUT2D eigenvalue weighted by Crippen LogP contribution is -2.35. The molecule has 1 aromatic heterocycles. The molecular weight excluding hydrogens is 363 g/mol. The monoisotopic (exact) mass is 392 g/mol. The third-order valence-corrected chi connectivity index (χ3v) is 6.30. The Morgan fingerprint density at radius 2 is 1.86 bits per heavy atom. The van der Waals surface area contributed by atoms with Gasteiger partial charge in [0.1, 0.15) is 5.82 Å². The van der Waals surface area contributed by atoms with Crippen molar-refractivity contribution >= 4 is 16.7 Å². The summed E-state index contributed by atoms with van der Waals surface area (Å²) in [4.78, 5) is 15.3. The molecule has 0 aliphatic carbocycles. The van der Waals surface area contributed by atoms with Gasteiger partial charge in [0.2, 0.25) is 0 Å². The van der Waals surface area contributed by atoms with E-state index >= 15 is 0 Å². The van der Waals surface area contributed by atoms with E-state index in [2.05, 4.69) is 35.2 Å². The van der Waals surface area contributed by atoms with Crippen molar-refractivity contribution in [2.24, 2.45) is 13.0 Å². The maximum absolute atomic E-state index is 13.6. The van der Waals surface area contributed by atoms with Crippen LogP contribution in [0.4, 0.5) is 4.39 Å². The number of halogens is 1. The fraction of sp³-hybridized carbons (Fsp3) is 0.400. The van der Waals surface area contributed by atoms with Crippen molar-refractivity contribution in [3.05, 3.63) is 71.7 Å². The molecular formula is C25H29FN2O. The normalized spacial score (nSPS) is 15.8. The Balaban J connectivity index is 1.26. The summed E-state index contributed by atoms with van der Waals surface area (Å²) < 4.78 is 15.6. The van der Waals surface area contributed by atoms with Crippen LogP contribution in [0.15, 0.2) is 54.7 Å². The number of Topliss-reactive ketones (excluding diaryl/α,β-unsaturated/α-hetero) is 1. The number of ketones is 1. The number of aromatic nitrogens is 1. The number of piperidine rings is 1. The summed E-state index contributed by atoms with van der Waals surface area (Å²) >= 11 is 0. The molecule has 0 radical (unpaired) electrons. The van der Waals surface area contributed by atoms with E-state index in [1.807, 2.05) is 17.8 Å². The van der Waals surface area contributed by atoms with E-state index in [9.17, 15) is 9.18 Å². The molecule has 0 amide bonds. The largest absolute Gasteiger partial charge is 0.350 e. The molecule has 0 bridgehead atoms. The van der Waals surface area contributed by atoms with Crippen LogP contribution in [-0.4, -0.2) is 34.9 Å². The van der Waals surface area contributed by atoms with Crippen LogP contribution in [0.1, 0.15) is 41.6 Å². The zero-order chi connectivity index (χ0) is 20.2. The second kappa shape index (κ2) is 8.91. The highest BCUT2D eigenvalue weighted by atomic mass is 19.1. The van der Waals surface area contributed by atoms with Crippen LogP contribution in [-0.2, 0) is 13.5 Å². The summed E-state index contributed by atoms with van der Waals surface area (Å²) in [5.74, 6) is 0.451. The molecule has 0 unspecified atom stereocenters. The molecule has 152 valence electrons. The summed E-state index contributed by atoms with van der Waals surface area (Å²) in [5, 5.41) is 0.730. The summed E-state index contributed by atoms with van der Waals surface area (Å²) in [5.41, 5.74) is 2.95. The summed E-state index contributed by atoms with van der Waals surface area (Å²) in [6, 6.07) is 15.3. The Morgan fingerprint density at radius 1 is 1.10 bits per heavy atom. The van der Waals surface area contributed by atoms with E-state index in [4.69, 9.17) is 0 Å². The number of carbonyl (C=O) groups excluding carboxylic acids is 1. The molecule has 4 heteroatoms. The van der Waals surface area contributed by atoms with Gasteiger partial charge >= 0.3 is 0 Å². The number of rotatable bonds is 7. The summed E-state index contributed by atoms with van der Waals surface area (Å²) in [6.07, 6.45) is 6.74. The fourth-order valence-corrected chi connectivity index (χ4v) is 4.49. The van der Waals surface area contributed by atoms with E-state index in [-0.39, 0.29) is 11.6 Å². The number of carbonyl (C=O) groups is 1. The number of hydrogen-bond donors (Lipinski definition) is 0. The Bertz CT molecular complexity index is 971. The maximum atomic E-state index is 13.6. The van der Waals surface area contributed by atoms with Gasteiger partial charge in [-0.2, -0.15) is 0 Å². The van der Waals surface area contributed by atoms with E-state index in [1.54, 1.807) is 6.07 Å². The number of likely N-dealkylation sites (tertiary alicyclic amines) is 1. The quantitative estimate of drug-likeness (QED) is 0.514. The highest BCUT2D eigenvalue weighted by Gasteiger charge is 2.21. The van der Waals surface area contributed by atoms with Crippen molar-refractivity contribution in [3.8, 4) is 0 Å². The number of nitrogens with zero attached hydrogens (tertiary/aromatic N) is 2. The molecule has 2 heterocycles. The van der Waals surface area contributed by atoms with Gasteiger partial charge in [0, 0.05) is 42.7 Å². The Labute approximate surface area is 172 Å². The van der Waals surface area contributed by atoms with Gasteiger partial charge in [0.05, 0.1) is 0 Å². The predicted molar refractivity (Wildman–Crippen MR) is 116 cm³/mol. The average molecular weight is 393 g/mol. The Morgan fingerprint density at radius 3 is 2.62 bits per heavy atom. The first-order valence-electron chi connectivity index (χ1n) is 10.6. The van der Waals surface area contributed by atoms with Gasteiger partial charge in [-0.15, -0.1) is 0 Å². The molecule has 3 aromatic rings. The van der Waals surface area contributed by atoms with E-state index in [0.717, 1.165) is 56.2 Å². The smallest absolute Gasteiger partial charge is 0.165 e. The average Bonchev–Trinajstić information content (AvgIpc) is 3.07. The lowest BCUT2D eigenvalue weighted by molar-refractivity contribution is 0.0964. The second-order valence-corrected chi connectivity index (χ2v) is 8.30. The zero-order valence-electron chi connectivity index (χ0n) is 17.1. The molecule has 2 aromatic carbocycles.